The van der Waals surface area contributed by atoms with Gasteiger partial charge >= 0.3 is 0 Å². The molecule has 0 amide bonds. The van der Waals surface area contributed by atoms with Gasteiger partial charge in [-0.25, -0.2) is 9.97 Å². The molecule has 0 saturated carbocycles. The largest absolute Gasteiger partial charge is 0.331 e. The van der Waals surface area contributed by atoms with Gasteiger partial charge in [0.15, 0.2) is 0 Å². The SMILES string of the molecule is Cc1nc2cc(-c3csc(CN4CCCCC4)n3)ccc2n1C. The van der Waals surface area contributed by atoms with Crippen LogP contribution >= 0.6 is 11.3 Å². The van der Waals surface area contributed by atoms with Gasteiger partial charge in [-0.2, -0.15) is 0 Å². The molecule has 0 atom stereocenters. The number of nitrogens with zero attached hydrogens (tertiary/aromatic N) is 4. The van der Waals surface area contributed by atoms with Gasteiger partial charge in [-0.3, -0.25) is 4.90 Å². The van der Waals surface area contributed by atoms with Gasteiger partial charge in [0.25, 0.3) is 0 Å². The molecular weight excluding hydrogens is 304 g/mol. The van der Waals surface area contributed by atoms with Gasteiger partial charge in [0.05, 0.1) is 23.3 Å². The molecule has 0 bridgehead atoms. The highest BCUT2D eigenvalue weighted by Gasteiger charge is 2.13. The second-order valence-corrected chi connectivity index (χ2v) is 7.33. The van der Waals surface area contributed by atoms with Gasteiger partial charge in [-0.1, -0.05) is 12.5 Å². The molecule has 120 valence electrons. The Kier molecular flexibility index (Phi) is 3.91. The van der Waals surface area contributed by atoms with Gasteiger partial charge in [0.1, 0.15) is 10.8 Å². The zero-order valence-corrected chi connectivity index (χ0v) is 14.6. The summed E-state index contributed by atoms with van der Waals surface area (Å²) in [7, 11) is 2.06. The molecule has 4 rings (SSSR count). The van der Waals surface area contributed by atoms with Crippen molar-refractivity contribution in [1.29, 1.82) is 0 Å². The molecule has 4 nitrogen and oxygen atoms in total. The molecule has 23 heavy (non-hydrogen) atoms. The first-order valence-corrected chi connectivity index (χ1v) is 9.19. The lowest BCUT2D eigenvalue weighted by molar-refractivity contribution is 0.220. The van der Waals surface area contributed by atoms with E-state index in [2.05, 4.69) is 45.1 Å². The van der Waals surface area contributed by atoms with Crippen molar-refractivity contribution in [1.82, 2.24) is 19.4 Å². The number of thiazole rings is 1. The standard InChI is InChI=1S/C18H22N4S/c1-13-19-15-10-14(6-7-17(15)21(13)2)16-12-23-18(20-16)11-22-8-4-3-5-9-22/h6-7,10,12H,3-5,8-9,11H2,1-2H3. The molecule has 1 saturated heterocycles. The molecule has 0 unspecified atom stereocenters. The zero-order valence-electron chi connectivity index (χ0n) is 13.7. The van der Waals surface area contributed by atoms with E-state index in [0.29, 0.717) is 0 Å². The second kappa shape index (κ2) is 6.06. The van der Waals surface area contributed by atoms with Crippen LogP contribution in [0.15, 0.2) is 23.6 Å². The second-order valence-electron chi connectivity index (χ2n) is 6.38. The summed E-state index contributed by atoms with van der Waals surface area (Å²) in [5.74, 6) is 1.04. The third kappa shape index (κ3) is 2.91. The third-order valence-electron chi connectivity index (χ3n) is 4.76. The highest BCUT2D eigenvalue weighted by atomic mass is 32.1. The van der Waals surface area contributed by atoms with Crippen molar-refractivity contribution < 1.29 is 0 Å². The summed E-state index contributed by atoms with van der Waals surface area (Å²) < 4.78 is 2.13. The van der Waals surface area contributed by atoms with Crippen LogP contribution in [0.4, 0.5) is 0 Å². The molecule has 1 aliphatic heterocycles. The summed E-state index contributed by atoms with van der Waals surface area (Å²) in [6.07, 6.45) is 4.03. The van der Waals surface area contributed by atoms with E-state index in [1.807, 2.05) is 6.92 Å². The van der Waals surface area contributed by atoms with Crippen LogP contribution in [0.5, 0.6) is 0 Å². The maximum Gasteiger partial charge on any atom is 0.107 e. The summed E-state index contributed by atoms with van der Waals surface area (Å²) in [6, 6.07) is 6.46. The number of aromatic nitrogens is 3. The van der Waals surface area contributed by atoms with Crippen LogP contribution in [-0.4, -0.2) is 32.5 Å². The first-order chi connectivity index (χ1) is 11.2. The van der Waals surface area contributed by atoms with Crippen LogP contribution in [0.3, 0.4) is 0 Å². The number of hydrogen-bond donors (Lipinski definition) is 0. The third-order valence-corrected chi connectivity index (χ3v) is 5.59. The minimum Gasteiger partial charge on any atom is -0.331 e. The van der Waals surface area contributed by atoms with Crippen molar-refractivity contribution in [3.8, 4) is 11.3 Å². The van der Waals surface area contributed by atoms with E-state index in [4.69, 9.17) is 4.98 Å². The molecule has 0 spiro atoms. The van der Waals surface area contributed by atoms with E-state index >= 15 is 0 Å². The fourth-order valence-electron chi connectivity index (χ4n) is 3.30. The monoisotopic (exact) mass is 326 g/mol. The molecule has 3 aromatic rings. The Bertz CT molecular complexity index is 827. The minimum absolute atomic E-state index is 0.996. The van der Waals surface area contributed by atoms with Crippen molar-refractivity contribution in [2.24, 2.45) is 7.05 Å². The Hall–Kier alpha value is -1.72. The fraction of sp³-hybridized carbons (Fsp3) is 0.444. The molecule has 1 aromatic carbocycles. The van der Waals surface area contributed by atoms with E-state index in [1.165, 1.54) is 42.9 Å². The quantitative estimate of drug-likeness (QED) is 0.730. The van der Waals surface area contributed by atoms with E-state index in [-0.39, 0.29) is 0 Å². The fourth-order valence-corrected chi connectivity index (χ4v) is 4.15. The smallest absolute Gasteiger partial charge is 0.107 e. The van der Waals surface area contributed by atoms with E-state index in [1.54, 1.807) is 11.3 Å². The molecule has 3 heterocycles. The van der Waals surface area contributed by atoms with Gasteiger partial charge in [0, 0.05) is 18.0 Å². The number of piperidine rings is 1. The summed E-state index contributed by atoms with van der Waals surface area (Å²) >= 11 is 1.77. The molecule has 0 N–H and O–H groups in total. The van der Waals surface area contributed by atoms with Gasteiger partial charge in [-0.05, 0) is 45.0 Å². The molecule has 0 aliphatic carbocycles. The molecule has 2 aromatic heterocycles. The first kappa shape index (κ1) is 14.8. The zero-order chi connectivity index (χ0) is 15.8. The molecule has 5 heteroatoms. The number of fused-ring (bicyclic) bond motifs is 1. The Morgan fingerprint density at radius 1 is 1.13 bits per heavy atom. The van der Waals surface area contributed by atoms with Crippen LogP contribution in [0, 0.1) is 6.92 Å². The molecule has 1 fully saturated rings. The van der Waals surface area contributed by atoms with E-state index < -0.39 is 0 Å². The predicted molar refractivity (Wildman–Crippen MR) is 95.7 cm³/mol. The van der Waals surface area contributed by atoms with E-state index in [9.17, 15) is 0 Å². The Labute approximate surface area is 140 Å². The lowest BCUT2D eigenvalue weighted by Gasteiger charge is -2.25. The van der Waals surface area contributed by atoms with Crippen molar-refractivity contribution in [3.63, 3.8) is 0 Å². The Morgan fingerprint density at radius 3 is 2.78 bits per heavy atom. The minimum atomic E-state index is 0.996. The summed E-state index contributed by atoms with van der Waals surface area (Å²) in [6.45, 7) is 5.47. The number of likely N-dealkylation sites (tertiary alicyclic amines) is 1. The van der Waals surface area contributed by atoms with Crippen LogP contribution in [-0.2, 0) is 13.6 Å². The molecule has 1 aliphatic rings. The van der Waals surface area contributed by atoms with Gasteiger partial charge in [0.2, 0.25) is 0 Å². The number of hydrogen-bond acceptors (Lipinski definition) is 4. The van der Waals surface area contributed by atoms with Gasteiger partial charge in [-0.15, -0.1) is 11.3 Å². The van der Waals surface area contributed by atoms with E-state index in [0.717, 1.165) is 29.1 Å². The summed E-state index contributed by atoms with van der Waals surface area (Å²) in [5, 5.41) is 3.40. The Morgan fingerprint density at radius 2 is 1.96 bits per heavy atom. The summed E-state index contributed by atoms with van der Waals surface area (Å²) in [4.78, 5) is 12.0. The van der Waals surface area contributed by atoms with Crippen LogP contribution in [0.1, 0.15) is 30.1 Å². The lowest BCUT2D eigenvalue weighted by atomic mass is 10.1. The lowest BCUT2D eigenvalue weighted by Crippen LogP contribution is -2.28. The van der Waals surface area contributed by atoms with Crippen LogP contribution in [0.2, 0.25) is 0 Å². The van der Waals surface area contributed by atoms with Crippen molar-refractivity contribution in [2.45, 2.75) is 32.7 Å². The average Bonchev–Trinajstić information content (AvgIpc) is 3.14. The number of imidazole rings is 1. The number of benzene rings is 1. The highest BCUT2D eigenvalue weighted by Crippen LogP contribution is 2.26. The maximum absolute atomic E-state index is 4.85. The maximum atomic E-state index is 4.85. The average molecular weight is 326 g/mol. The topological polar surface area (TPSA) is 34.0 Å². The van der Waals surface area contributed by atoms with Gasteiger partial charge < -0.3 is 4.57 Å². The van der Waals surface area contributed by atoms with Crippen molar-refractivity contribution >= 4 is 22.4 Å². The van der Waals surface area contributed by atoms with Crippen LogP contribution in [0.25, 0.3) is 22.3 Å². The highest BCUT2D eigenvalue weighted by molar-refractivity contribution is 7.09. The number of aryl methyl sites for hydroxylation is 2. The van der Waals surface area contributed by atoms with Crippen molar-refractivity contribution in [2.75, 3.05) is 13.1 Å². The molecule has 0 radical (unpaired) electrons. The van der Waals surface area contributed by atoms with Crippen LogP contribution < -0.4 is 0 Å². The predicted octanol–water partition coefficient (Wildman–Crippen LogP) is 3.99. The number of rotatable bonds is 3. The first-order valence-electron chi connectivity index (χ1n) is 8.31. The molecular formula is C18H22N4S. The normalized spacial score (nSPS) is 16.3. The summed E-state index contributed by atoms with van der Waals surface area (Å²) in [5.41, 5.74) is 4.46. The Balaban J connectivity index is 1.58. The van der Waals surface area contributed by atoms with Crippen molar-refractivity contribution in [3.05, 3.63) is 34.4 Å².